The first-order valence-electron chi connectivity index (χ1n) is 5.12. The Morgan fingerprint density at radius 2 is 2.06 bits per heavy atom. The van der Waals surface area contributed by atoms with Gasteiger partial charge in [-0.25, -0.2) is 9.18 Å². The highest BCUT2D eigenvalue weighted by Gasteiger charge is 2.34. The molecule has 2 N–H and O–H groups in total. The highest BCUT2D eigenvalue weighted by molar-refractivity contribution is 5.87. The molecular weight excluding hydrogens is 227 g/mol. The van der Waals surface area contributed by atoms with Gasteiger partial charge in [0.15, 0.2) is 0 Å². The summed E-state index contributed by atoms with van der Waals surface area (Å²) in [5, 5.41) is 11.6. The van der Waals surface area contributed by atoms with Gasteiger partial charge in [0.1, 0.15) is 11.9 Å². The van der Waals surface area contributed by atoms with Crippen LogP contribution < -0.4 is 5.32 Å². The van der Waals surface area contributed by atoms with E-state index in [1.165, 1.54) is 24.3 Å². The summed E-state index contributed by atoms with van der Waals surface area (Å²) < 4.78 is 12.8. The van der Waals surface area contributed by atoms with Crippen LogP contribution in [0.4, 0.5) is 9.18 Å². The first-order chi connectivity index (χ1) is 8.09. The van der Waals surface area contributed by atoms with Crippen molar-refractivity contribution >= 4 is 12.0 Å². The van der Waals surface area contributed by atoms with Gasteiger partial charge in [0.25, 0.3) is 0 Å². The van der Waals surface area contributed by atoms with Gasteiger partial charge < -0.3 is 10.4 Å². The van der Waals surface area contributed by atoms with Crippen LogP contribution in [0.1, 0.15) is 11.6 Å². The molecule has 6 heteroatoms. The van der Waals surface area contributed by atoms with E-state index in [1.807, 2.05) is 0 Å². The number of hydrogen-bond donors (Lipinski definition) is 2. The summed E-state index contributed by atoms with van der Waals surface area (Å²) in [6, 6.07) is 4.35. The number of carbonyl (C=O) groups excluding carboxylic acids is 1. The van der Waals surface area contributed by atoms with Crippen LogP contribution in [0.5, 0.6) is 0 Å². The Balaban J connectivity index is 2.34. The van der Waals surface area contributed by atoms with Crippen LogP contribution in [0.3, 0.4) is 0 Å². The summed E-state index contributed by atoms with van der Waals surface area (Å²) in [6.07, 6.45) is -1.16. The molecule has 1 aromatic rings. The molecule has 5 nitrogen and oxygen atoms in total. The number of nitrogens with one attached hydrogen (secondary N) is 1. The highest BCUT2D eigenvalue weighted by atomic mass is 19.1. The van der Waals surface area contributed by atoms with Gasteiger partial charge in [0, 0.05) is 13.1 Å². The van der Waals surface area contributed by atoms with Crippen LogP contribution in [0.2, 0.25) is 0 Å². The van der Waals surface area contributed by atoms with Crippen molar-refractivity contribution in [3.8, 4) is 0 Å². The molecule has 90 valence electrons. The molecule has 1 aliphatic rings. The van der Waals surface area contributed by atoms with E-state index < -0.39 is 18.0 Å². The number of rotatable bonds is 1. The quantitative estimate of drug-likeness (QED) is 0.766. The lowest BCUT2D eigenvalue weighted by molar-refractivity contribution is -0.128. The van der Waals surface area contributed by atoms with Crippen molar-refractivity contribution < 1.29 is 19.1 Å². The van der Waals surface area contributed by atoms with Crippen LogP contribution in [0, 0.1) is 5.82 Å². The van der Waals surface area contributed by atoms with Gasteiger partial charge in [-0.1, -0.05) is 12.1 Å². The maximum absolute atomic E-state index is 12.8. The van der Waals surface area contributed by atoms with Gasteiger partial charge in [-0.2, -0.15) is 0 Å². The van der Waals surface area contributed by atoms with E-state index in [2.05, 4.69) is 5.32 Å². The third-order valence-corrected chi connectivity index (χ3v) is 2.64. The minimum atomic E-state index is -1.16. The number of halogens is 1. The second-order valence-electron chi connectivity index (χ2n) is 3.72. The van der Waals surface area contributed by atoms with Gasteiger partial charge in [0.05, 0.1) is 0 Å². The van der Waals surface area contributed by atoms with E-state index in [9.17, 15) is 14.0 Å². The molecule has 1 fully saturated rings. The van der Waals surface area contributed by atoms with Crippen molar-refractivity contribution in [3.05, 3.63) is 35.6 Å². The summed E-state index contributed by atoms with van der Waals surface area (Å²) in [4.78, 5) is 23.8. The Bertz CT molecular complexity index is 447. The number of nitrogens with zero attached hydrogens (tertiary/aromatic N) is 1. The Labute approximate surface area is 96.8 Å². The molecule has 2 amide bonds. The number of piperazine rings is 1. The van der Waals surface area contributed by atoms with Crippen LogP contribution in [-0.4, -0.2) is 35.1 Å². The molecule has 0 bridgehead atoms. The van der Waals surface area contributed by atoms with Gasteiger partial charge in [0.2, 0.25) is 5.91 Å². The smallest absolute Gasteiger partial charge is 0.408 e. The molecule has 1 atom stereocenters. The van der Waals surface area contributed by atoms with E-state index in [-0.39, 0.29) is 12.5 Å². The molecule has 0 saturated carbocycles. The first-order valence-corrected chi connectivity index (χ1v) is 5.12. The van der Waals surface area contributed by atoms with Crippen LogP contribution >= 0.6 is 0 Å². The average molecular weight is 238 g/mol. The fourth-order valence-electron chi connectivity index (χ4n) is 1.85. The topological polar surface area (TPSA) is 69.6 Å². The van der Waals surface area contributed by atoms with E-state index in [0.29, 0.717) is 12.1 Å². The van der Waals surface area contributed by atoms with Crippen LogP contribution in [0.25, 0.3) is 0 Å². The Morgan fingerprint density at radius 3 is 2.65 bits per heavy atom. The Hall–Kier alpha value is -2.11. The second-order valence-corrected chi connectivity index (χ2v) is 3.72. The molecular formula is C11H11FN2O3. The van der Waals surface area contributed by atoms with E-state index in [0.717, 1.165) is 4.90 Å². The molecule has 17 heavy (non-hydrogen) atoms. The summed E-state index contributed by atoms with van der Waals surface area (Å²) in [5.41, 5.74) is 0.464. The molecule has 1 heterocycles. The summed E-state index contributed by atoms with van der Waals surface area (Å²) in [6.45, 7) is 0.520. The second kappa shape index (κ2) is 4.40. The number of hydrogen-bond acceptors (Lipinski definition) is 2. The summed E-state index contributed by atoms with van der Waals surface area (Å²) in [7, 11) is 0. The molecule has 0 aliphatic carbocycles. The number of carboxylic acid groups (broad SMARTS) is 1. The van der Waals surface area contributed by atoms with Gasteiger partial charge in [-0.15, -0.1) is 0 Å². The van der Waals surface area contributed by atoms with Gasteiger partial charge in [-0.05, 0) is 17.7 Å². The molecule has 0 aromatic heterocycles. The maximum atomic E-state index is 12.8. The SMILES string of the molecule is O=C1NCCN(C(=O)O)C1c1ccc(F)cc1. The van der Waals surface area contributed by atoms with Crippen molar-refractivity contribution in [1.29, 1.82) is 0 Å². The fourth-order valence-corrected chi connectivity index (χ4v) is 1.85. The fraction of sp³-hybridized carbons (Fsp3) is 0.273. The van der Waals surface area contributed by atoms with E-state index in [1.54, 1.807) is 0 Å². The molecule has 0 radical (unpaired) electrons. The summed E-state index contributed by atoms with van der Waals surface area (Å²) in [5.74, 6) is -0.808. The molecule has 0 spiro atoms. The molecule has 1 aromatic carbocycles. The third kappa shape index (κ3) is 2.20. The molecule has 1 unspecified atom stereocenters. The average Bonchev–Trinajstić information content (AvgIpc) is 2.30. The Kier molecular flexibility index (Phi) is 2.95. The zero-order valence-electron chi connectivity index (χ0n) is 8.89. The molecule has 2 rings (SSSR count). The van der Waals surface area contributed by atoms with Crippen LogP contribution in [-0.2, 0) is 4.79 Å². The lowest BCUT2D eigenvalue weighted by Crippen LogP contribution is -2.51. The zero-order valence-corrected chi connectivity index (χ0v) is 8.89. The Morgan fingerprint density at radius 1 is 1.41 bits per heavy atom. The monoisotopic (exact) mass is 238 g/mol. The normalized spacial score (nSPS) is 19.9. The standard InChI is InChI=1S/C11H11FN2O3/c12-8-3-1-7(2-4-8)9-10(15)13-5-6-14(9)11(16)17/h1-4,9H,5-6H2,(H,13,15)(H,16,17). The third-order valence-electron chi connectivity index (χ3n) is 2.64. The van der Waals surface area contributed by atoms with E-state index in [4.69, 9.17) is 5.11 Å². The van der Waals surface area contributed by atoms with Crippen molar-refractivity contribution in [2.75, 3.05) is 13.1 Å². The lowest BCUT2D eigenvalue weighted by atomic mass is 10.0. The minimum Gasteiger partial charge on any atom is -0.465 e. The van der Waals surface area contributed by atoms with Crippen molar-refractivity contribution in [3.63, 3.8) is 0 Å². The largest absolute Gasteiger partial charge is 0.465 e. The van der Waals surface area contributed by atoms with Gasteiger partial charge >= 0.3 is 6.09 Å². The minimum absolute atomic E-state index is 0.225. The molecule has 1 aliphatic heterocycles. The maximum Gasteiger partial charge on any atom is 0.408 e. The molecule has 1 saturated heterocycles. The lowest BCUT2D eigenvalue weighted by Gasteiger charge is -2.33. The highest BCUT2D eigenvalue weighted by Crippen LogP contribution is 2.23. The number of amides is 2. The first kappa shape index (κ1) is 11.4. The van der Waals surface area contributed by atoms with Crippen molar-refractivity contribution in [1.82, 2.24) is 10.2 Å². The zero-order chi connectivity index (χ0) is 12.4. The van der Waals surface area contributed by atoms with Crippen LogP contribution in [0.15, 0.2) is 24.3 Å². The predicted octanol–water partition coefficient (Wildman–Crippen LogP) is 0.977. The summed E-state index contributed by atoms with van der Waals surface area (Å²) >= 11 is 0. The predicted molar refractivity (Wildman–Crippen MR) is 56.9 cm³/mol. The van der Waals surface area contributed by atoms with Crippen molar-refractivity contribution in [2.45, 2.75) is 6.04 Å². The van der Waals surface area contributed by atoms with Crippen molar-refractivity contribution in [2.24, 2.45) is 0 Å². The van der Waals surface area contributed by atoms with E-state index >= 15 is 0 Å². The number of benzene rings is 1. The van der Waals surface area contributed by atoms with Gasteiger partial charge in [-0.3, -0.25) is 9.69 Å². The number of carbonyl (C=O) groups is 2.